The Morgan fingerprint density at radius 3 is 2.48 bits per heavy atom. The van der Waals surface area contributed by atoms with Crippen molar-refractivity contribution in [2.45, 2.75) is 63.5 Å². The van der Waals surface area contributed by atoms with E-state index in [0.29, 0.717) is 31.7 Å². The van der Waals surface area contributed by atoms with Crippen LogP contribution in [0, 0.1) is 6.92 Å². The first-order valence-electron chi connectivity index (χ1n) is 19.3. The van der Waals surface area contributed by atoms with Gasteiger partial charge in [-0.05, 0) is 97.8 Å². The van der Waals surface area contributed by atoms with Crippen LogP contribution in [-0.2, 0) is 16.1 Å². The number of ether oxygens (including phenoxy) is 2. The number of piperidine rings is 1. The first kappa shape index (κ1) is 35.7. The van der Waals surface area contributed by atoms with Crippen molar-refractivity contribution >= 4 is 23.4 Å². The summed E-state index contributed by atoms with van der Waals surface area (Å²) >= 11 is 0. The second kappa shape index (κ2) is 15.6. The lowest BCUT2D eigenvalue weighted by Gasteiger charge is -2.36. The number of phenols is 1. The van der Waals surface area contributed by atoms with Crippen LogP contribution in [0.5, 0.6) is 17.2 Å². The van der Waals surface area contributed by atoms with E-state index in [-0.39, 0.29) is 41.7 Å². The van der Waals surface area contributed by atoms with Crippen LogP contribution in [0.4, 0.5) is 5.69 Å². The summed E-state index contributed by atoms with van der Waals surface area (Å²) < 4.78 is 12.3. The molecular weight excluding hydrogens is 681 g/mol. The molecule has 1 unspecified atom stereocenters. The van der Waals surface area contributed by atoms with Crippen LogP contribution in [0.1, 0.15) is 82.1 Å². The third-order valence-electron chi connectivity index (χ3n) is 11.6. The number of imide groups is 1. The number of amides is 3. The van der Waals surface area contributed by atoms with Gasteiger partial charge in [-0.3, -0.25) is 24.6 Å². The van der Waals surface area contributed by atoms with E-state index in [0.717, 1.165) is 80.3 Å². The molecule has 4 aliphatic heterocycles. The Labute approximate surface area is 316 Å². The summed E-state index contributed by atoms with van der Waals surface area (Å²) in [6, 6.07) is 27.9. The Balaban J connectivity index is 0.780. The molecule has 2 fully saturated rings. The highest BCUT2D eigenvalue weighted by molar-refractivity contribution is 6.05. The third-order valence-corrected chi connectivity index (χ3v) is 11.6. The zero-order valence-electron chi connectivity index (χ0n) is 30.8. The molecule has 0 spiro atoms. The predicted molar refractivity (Wildman–Crippen MR) is 206 cm³/mol. The van der Waals surface area contributed by atoms with Gasteiger partial charge in [0.05, 0.1) is 13.2 Å². The molecule has 0 saturated carbocycles. The Morgan fingerprint density at radius 1 is 0.870 bits per heavy atom. The zero-order valence-corrected chi connectivity index (χ0v) is 30.8. The molecule has 2 saturated heterocycles. The summed E-state index contributed by atoms with van der Waals surface area (Å²) in [6.07, 6.45) is 3.85. The largest absolute Gasteiger partial charge is 0.508 e. The van der Waals surface area contributed by atoms with Gasteiger partial charge in [0.2, 0.25) is 11.8 Å². The lowest BCUT2D eigenvalue weighted by molar-refractivity contribution is -0.136. The SMILES string of the molecule is Cc1ccccc1[C@@H]1COc2cc(O)ccc2[C@@H]1c1ccc(OCCCCCN2CCN(c3ccc4c(c3)CN(C3CCC(=O)NC3=O)C4=O)CC2)cc1. The van der Waals surface area contributed by atoms with Crippen molar-refractivity contribution in [3.05, 3.63) is 118 Å². The molecule has 4 aromatic carbocycles. The fraction of sp³-hybridized carbons (Fsp3) is 0.386. The first-order chi connectivity index (χ1) is 26.3. The van der Waals surface area contributed by atoms with Gasteiger partial charge in [0.25, 0.3) is 5.91 Å². The molecule has 10 heteroatoms. The van der Waals surface area contributed by atoms with Crippen molar-refractivity contribution in [2.75, 3.05) is 50.8 Å². The normalized spacial score (nSPS) is 21.4. The molecule has 0 bridgehead atoms. The number of aryl methyl sites for hydroxylation is 1. The summed E-state index contributed by atoms with van der Waals surface area (Å²) in [4.78, 5) is 43.6. The highest BCUT2D eigenvalue weighted by Gasteiger charge is 2.39. The maximum Gasteiger partial charge on any atom is 0.255 e. The number of hydrogen-bond acceptors (Lipinski definition) is 8. The average Bonchev–Trinajstić information content (AvgIpc) is 3.51. The Hall–Kier alpha value is -5.35. The number of aromatic hydroxyl groups is 1. The monoisotopic (exact) mass is 728 g/mol. The van der Waals surface area contributed by atoms with Crippen molar-refractivity contribution < 1.29 is 29.0 Å². The molecule has 4 heterocycles. The van der Waals surface area contributed by atoms with Crippen LogP contribution < -0.4 is 19.7 Å². The molecule has 3 amide bonds. The smallest absolute Gasteiger partial charge is 0.255 e. The molecule has 280 valence electrons. The lowest BCUT2D eigenvalue weighted by atomic mass is 9.75. The number of carbonyl (C=O) groups excluding carboxylic acids is 3. The number of unbranched alkanes of at least 4 members (excludes halogenated alkanes) is 2. The number of piperazine rings is 1. The number of rotatable bonds is 11. The van der Waals surface area contributed by atoms with Crippen LogP contribution in [0.25, 0.3) is 0 Å². The zero-order chi connectivity index (χ0) is 37.2. The number of nitrogens with zero attached hydrogens (tertiary/aromatic N) is 3. The van der Waals surface area contributed by atoms with E-state index in [1.807, 2.05) is 18.2 Å². The number of nitrogens with one attached hydrogen (secondary N) is 1. The van der Waals surface area contributed by atoms with E-state index in [1.54, 1.807) is 17.0 Å². The van der Waals surface area contributed by atoms with E-state index in [2.05, 4.69) is 76.6 Å². The quantitative estimate of drug-likeness (QED) is 0.140. The van der Waals surface area contributed by atoms with Gasteiger partial charge in [0.15, 0.2) is 0 Å². The number of hydrogen-bond donors (Lipinski definition) is 2. The van der Waals surface area contributed by atoms with Crippen LogP contribution >= 0.6 is 0 Å². The van der Waals surface area contributed by atoms with Crippen LogP contribution in [0.3, 0.4) is 0 Å². The van der Waals surface area contributed by atoms with Crippen molar-refractivity contribution in [3.8, 4) is 17.2 Å². The summed E-state index contributed by atoms with van der Waals surface area (Å²) in [5, 5.41) is 12.5. The number of benzene rings is 4. The molecule has 4 aliphatic rings. The van der Waals surface area contributed by atoms with Crippen molar-refractivity contribution in [1.29, 1.82) is 0 Å². The number of anilines is 1. The van der Waals surface area contributed by atoms with E-state index < -0.39 is 6.04 Å². The predicted octanol–water partition coefficient (Wildman–Crippen LogP) is 6.14. The summed E-state index contributed by atoms with van der Waals surface area (Å²) in [6.45, 7) is 8.68. The second-order valence-corrected chi connectivity index (χ2v) is 15.0. The first-order valence-corrected chi connectivity index (χ1v) is 19.3. The van der Waals surface area contributed by atoms with Gasteiger partial charge in [0, 0.05) is 73.9 Å². The summed E-state index contributed by atoms with van der Waals surface area (Å²) in [5.41, 5.74) is 7.53. The Morgan fingerprint density at radius 2 is 1.69 bits per heavy atom. The number of fused-ring (bicyclic) bond motifs is 2. The maximum absolute atomic E-state index is 13.1. The molecule has 10 nitrogen and oxygen atoms in total. The standard InChI is InChI=1S/C44H48N4O6/c1-29-7-3-4-8-35(29)38-28-54-40-26-33(49)12-16-37(40)42(38)30-9-13-34(14-10-30)53-24-6-2-5-19-46-20-22-47(23-21-46)32-11-15-36-31(25-32)27-48(44(36)52)39-17-18-41(50)45-43(39)51/h3-4,7-16,25-26,38-39,42,49H,2,5-6,17-24,27-28H2,1H3,(H,45,50,51)/t38-,39?,42-/m0/s1. The fourth-order valence-corrected chi connectivity index (χ4v) is 8.64. The molecule has 3 atom stereocenters. The van der Waals surface area contributed by atoms with Crippen LogP contribution in [0.15, 0.2) is 84.9 Å². The van der Waals surface area contributed by atoms with E-state index in [9.17, 15) is 19.5 Å². The third kappa shape index (κ3) is 7.40. The minimum Gasteiger partial charge on any atom is -0.508 e. The molecule has 8 rings (SSSR count). The van der Waals surface area contributed by atoms with Gasteiger partial charge in [0.1, 0.15) is 23.3 Å². The number of phenolic OH excluding ortho intramolecular Hbond substituents is 1. The van der Waals surface area contributed by atoms with Gasteiger partial charge in [-0.2, -0.15) is 0 Å². The van der Waals surface area contributed by atoms with Crippen LogP contribution in [-0.4, -0.2) is 84.6 Å². The van der Waals surface area contributed by atoms with Gasteiger partial charge in [-0.25, -0.2) is 0 Å². The minimum absolute atomic E-state index is 0.100. The lowest BCUT2D eigenvalue weighted by Crippen LogP contribution is -2.52. The van der Waals surface area contributed by atoms with Gasteiger partial charge in [-0.15, -0.1) is 0 Å². The van der Waals surface area contributed by atoms with Crippen LogP contribution in [0.2, 0.25) is 0 Å². The summed E-state index contributed by atoms with van der Waals surface area (Å²) in [5.74, 6) is 1.30. The van der Waals surface area contributed by atoms with Gasteiger partial charge >= 0.3 is 0 Å². The highest BCUT2D eigenvalue weighted by atomic mass is 16.5. The molecule has 54 heavy (non-hydrogen) atoms. The topological polar surface area (TPSA) is 112 Å². The van der Waals surface area contributed by atoms with E-state index >= 15 is 0 Å². The molecule has 0 aliphatic carbocycles. The van der Waals surface area contributed by atoms with Gasteiger partial charge < -0.3 is 24.4 Å². The number of carbonyl (C=O) groups is 3. The van der Waals surface area contributed by atoms with Crippen molar-refractivity contribution in [1.82, 2.24) is 15.1 Å². The van der Waals surface area contributed by atoms with Gasteiger partial charge in [-0.1, -0.05) is 42.5 Å². The molecule has 2 N–H and O–H groups in total. The Kier molecular flexibility index (Phi) is 10.3. The van der Waals surface area contributed by atoms with E-state index in [1.165, 1.54) is 16.7 Å². The van der Waals surface area contributed by atoms with Crippen molar-refractivity contribution in [3.63, 3.8) is 0 Å². The fourth-order valence-electron chi connectivity index (χ4n) is 8.64. The maximum atomic E-state index is 13.1. The highest BCUT2D eigenvalue weighted by Crippen LogP contribution is 2.47. The summed E-state index contributed by atoms with van der Waals surface area (Å²) in [7, 11) is 0. The minimum atomic E-state index is -0.592. The molecule has 0 aromatic heterocycles. The average molecular weight is 729 g/mol. The van der Waals surface area contributed by atoms with E-state index in [4.69, 9.17) is 9.47 Å². The molecule has 0 radical (unpaired) electrons. The van der Waals surface area contributed by atoms with Crippen molar-refractivity contribution in [2.24, 2.45) is 0 Å². The molecule has 4 aromatic rings. The molecular formula is C44H48N4O6. The second-order valence-electron chi connectivity index (χ2n) is 15.0. The Bertz CT molecular complexity index is 2020.